The van der Waals surface area contributed by atoms with Crippen LogP contribution in [0.25, 0.3) is 0 Å². The van der Waals surface area contributed by atoms with Crippen molar-refractivity contribution in [1.29, 1.82) is 0 Å². The van der Waals surface area contributed by atoms with Gasteiger partial charge in [0.15, 0.2) is 0 Å². The number of hydrogen-bond donors (Lipinski definition) is 4. The van der Waals surface area contributed by atoms with Crippen LogP contribution in [0, 0.1) is 11.6 Å². The Bertz CT molecular complexity index is 1180. The highest BCUT2D eigenvalue weighted by Crippen LogP contribution is 2.22. The Hall–Kier alpha value is -3.34. The van der Waals surface area contributed by atoms with E-state index in [1.165, 1.54) is 7.11 Å². The number of esters is 1. The van der Waals surface area contributed by atoms with Crippen LogP contribution in [0.3, 0.4) is 0 Å². The minimum absolute atomic E-state index is 0.00136. The minimum atomic E-state index is -1.18. The molecule has 0 aliphatic carbocycles. The van der Waals surface area contributed by atoms with Gasteiger partial charge in [0, 0.05) is 28.8 Å². The molecule has 0 radical (unpaired) electrons. The largest absolute Gasteiger partial charge is 0.469 e. The predicted octanol–water partition coefficient (Wildman–Crippen LogP) is 4.72. The van der Waals surface area contributed by atoms with E-state index in [2.05, 4.69) is 31.9 Å². The predicted molar refractivity (Wildman–Crippen MR) is 140 cm³/mol. The molecule has 3 aromatic rings. The van der Waals surface area contributed by atoms with Crippen molar-refractivity contribution in [3.63, 3.8) is 0 Å². The van der Waals surface area contributed by atoms with Crippen molar-refractivity contribution in [3.05, 3.63) is 100 Å². The highest BCUT2D eigenvalue weighted by atomic mass is 79.9. The van der Waals surface area contributed by atoms with Crippen molar-refractivity contribution >= 4 is 33.6 Å². The van der Waals surface area contributed by atoms with Gasteiger partial charge in [-0.15, -0.1) is 0 Å². The molecular weight excluding hydrogens is 548 g/mol. The molecule has 0 aromatic heterocycles. The number of hydrogen-bond acceptors (Lipinski definition) is 5. The summed E-state index contributed by atoms with van der Waals surface area (Å²) in [4.78, 5) is 24.7. The molecule has 0 aliphatic rings. The second-order valence-electron chi connectivity index (χ2n) is 8.42. The molecule has 10 heteroatoms. The summed E-state index contributed by atoms with van der Waals surface area (Å²) in [7, 11) is 1.29. The van der Waals surface area contributed by atoms with Gasteiger partial charge in [-0.25, -0.2) is 13.6 Å². The van der Waals surface area contributed by atoms with Gasteiger partial charge in [0.05, 0.1) is 25.7 Å². The summed E-state index contributed by atoms with van der Waals surface area (Å²) < 4.78 is 33.2. The van der Waals surface area contributed by atoms with Gasteiger partial charge < -0.3 is 25.8 Å². The third-order valence-corrected chi connectivity index (χ3v) is 6.11. The number of amides is 2. The SMILES string of the molecule is COC(=O)CC(NC[C@@H](O)[C@H](Cc1cc(F)cc(F)c1)NC(=O)Nc1ccccc1)c1cccc(Br)c1. The number of nitrogens with one attached hydrogen (secondary N) is 3. The number of methoxy groups -OCH3 is 1. The zero-order valence-corrected chi connectivity index (χ0v) is 21.7. The quantitative estimate of drug-likeness (QED) is 0.248. The average Bonchev–Trinajstić information content (AvgIpc) is 2.85. The fourth-order valence-corrected chi connectivity index (χ4v) is 4.23. The Morgan fingerprint density at radius 2 is 1.70 bits per heavy atom. The van der Waals surface area contributed by atoms with Gasteiger partial charge in [0.25, 0.3) is 0 Å². The molecule has 1 unspecified atom stereocenters. The first-order valence-electron chi connectivity index (χ1n) is 11.5. The Morgan fingerprint density at radius 3 is 2.35 bits per heavy atom. The van der Waals surface area contributed by atoms with Gasteiger partial charge in [-0.2, -0.15) is 0 Å². The van der Waals surface area contributed by atoms with Crippen LogP contribution in [0.1, 0.15) is 23.6 Å². The summed E-state index contributed by atoms with van der Waals surface area (Å²) in [6.07, 6.45) is -1.22. The number of carbonyl (C=O) groups is 2. The highest BCUT2D eigenvalue weighted by molar-refractivity contribution is 9.10. The lowest BCUT2D eigenvalue weighted by molar-refractivity contribution is -0.141. The van der Waals surface area contributed by atoms with E-state index >= 15 is 0 Å². The molecule has 0 heterocycles. The number of ether oxygens (including phenoxy) is 1. The maximum atomic E-state index is 13.8. The van der Waals surface area contributed by atoms with Gasteiger partial charge >= 0.3 is 12.0 Å². The lowest BCUT2D eigenvalue weighted by atomic mass is 9.99. The fourth-order valence-electron chi connectivity index (χ4n) is 3.81. The Balaban J connectivity index is 1.76. The van der Waals surface area contributed by atoms with Crippen molar-refractivity contribution < 1.29 is 28.2 Å². The molecule has 0 saturated heterocycles. The molecule has 4 N–H and O–H groups in total. The molecule has 2 amide bonds. The van der Waals surface area contributed by atoms with Crippen LogP contribution >= 0.6 is 15.9 Å². The summed E-state index contributed by atoms with van der Waals surface area (Å²) in [6.45, 7) is -0.0394. The minimum Gasteiger partial charge on any atom is -0.469 e. The number of aliphatic hydroxyl groups is 1. The highest BCUT2D eigenvalue weighted by Gasteiger charge is 2.25. The van der Waals surface area contributed by atoms with Crippen LogP contribution in [0.2, 0.25) is 0 Å². The van der Waals surface area contributed by atoms with Crippen molar-refractivity contribution in [2.24, 2.45) is 0 Å². The first-order valence-corrected chi connectivity index (χ1v) is 12.3. The second kappa shape index (κ2) is 13.8. The molecule has 0 saturated carbocycles. The molecule has 0 fully saturated rings. The van der Waals surface area contributed by atoms with Gasteiger partial charge in [0.2, 0.25) is 0 Å². The van der Waals surface area contributed by atoms with Crippen LogP contribution in [-0.4, -0.2) is 42.9 Å². The van der Waals surface area contributed by atoms with Gasteiger partial charge in [-0.1, -0.05) is 46.3 Å². The van der Waals surface area contributed by atoms with Crippen molar-refractivity contribution in [1.82, 2.24) is 10.6 Å². The summed E-state index contributed by atoms with van der Waals surface area (Å²) in [6, 6.07) is 17.1. The van der Waals surface area contributed by atoms with Gasteiger partial charge in [0.1, 0.15) is 11.6 Å². The van der Waals surface area contributed by atoms with Crippen molar-refractivity contribution in [3.8, 4) is 0 Å². The molecule has 0 spiro atoms. The standard InChI is InChI=1S/C27H28BrF2N3O4/c1-37-26(35)15-23(18-6-5-7-19(28)13-18)31-16-25(34)24(12-17-10-20(29)14-21(30)11-17)33-27(36)32-22-8-3-2-4-9-22/h2-11,13-14,23-25,31,34H,12,15-16H2,1H3,(H2,32,33,36)/t23?,24-,25+/m0/s1. The number of anilines is 1. The summed E-state index contributed by atoms with van der Waals surface area (Å²) in [5, 5.41) is 19.6. The number of benzene rings is 3. The Labute approximate surface area is 222 Å². The number of para-hydroxylation sites is 1. The second-order valence-corrected chi connectivity index (χ2v) is 9.33. The zero-order chi connectivity index (χ0) is 26.8. The fraction of sp³-hybridized carbons (Fsp3) is 0.259. The van der Waals surface area contributed by atoms with Crippen LogP contribution in [-0.2, 0) is 16.0 Å². The first-order chi connectivity index (χ1) is 17.7. The summed E-state index contributed by atoms with van der Waals surface area (Å²) in [5.74, 6) is -1.97. The lowest BCUT2D eigenvalue weighted by Crippen LogP contribution is -2.50. The maximum absolute atomic E-state index is 13.8. The molecule has 7 nitrogen and oxygen atoms in total. The van der Waals surface area contributed by atoms with E-state index in [1.54, 1.807) is 30.3 Å². The van der Waals surface area contributed by atoms with Crippen LogP contribution in [0.4, 0.5) is 19.3 Å². The lowest BCUT2D eigenvalue weighted by Gasteiger charge is -2.27. The molecule has 0 aliphatic heterocycles. The zero-order valence-electron chi connectivity index (χ0n) is 20.1. The molecule has 3 rings (SSSR count). The third kappa shape index (κ3) is 9.23. The van der Waals surface area contributed by atoms with E-state index in [0.717, 1.165) is 28.2 Å². The number of aliphatic hydroxyl groups excluding tert-OH is 1. The number of halogens is 3. The third-order valence-electron chi connectivity index (χ3n) is 5.61. The molecule has 3 atom stereocenters. The van der Waals surface area contributed by atoms with E-state index in [0.29, 0.717) is 5.69 Å². The molecule has 196 valence electrons. The average molecular weight is 576 g/mol. The van der Waals surface area contributed by atoms with E-state index in [9.17, 15) is 23.5 Å². The van der Waals surface area contributed by atoms with Crippen molar-refractivity contribution in [2.45, 2.75) is 31.0 Å². The van der Waals surface area contributed by atoms with E-state index in [1.807, 2.05) is 24.3 Å². The molecule has 0 bridgehead atoms. The topological polar surface area (TPSA) is 99.7 Å². The van der Waals surface area contributed by atoms with E-state index < -0.39 is 41.8 Å². The number of urea groups is 1. The van der Waals surface area contributed by atoms with Crippen LogP contribution < -0.4 is 16.0 Å². The van der Waals surface area contributed by atoms with Crippen LogP contribution in [0.15, 0.2) is 77.3 Å². The molecular formula is C27H28BrF2N3O4. The first kappa shape index (κ1) is 28.2. The van der Waals surface area contributed by atoms with Gasteiger partial charge in [-0.3, -0.25) is 4.79 Å². The normalized spacial score (nSPS) is 13.3. The maximum Gasteiger partial charge on any atom is 0.319 e. The Kier molecular flexibility index (Phi) is 10.6. The smallest absolute Gasteiger partial charge is 0.319 e. The summed E-state index contributed by atoms with van der Waals surface area (Å²) in [5.41, 5.74) is 1.58. The number of carbonyl (C=O) groups excluding carboxylic acids is 2. The molecule has 37 heavy (non-hydrogen) atoms. The van der Waals surface area contributed by atoms with E-state index in [4.69, 9.17) is 4.74 Å². The van der Waals surface area contributed by atoms with E-state index in [-0.39, 0.29) is 24.9 Å². The Morgan fingerprint density at radius 1 is 1.00 bits per heavy atom. The van der Waals surface area contributed by atoms with Crippen molar-refractivity contribution in [2.75, 3.05) is 19.0 Å². The number of rotatable bonds is 11. The monoisotopic (exact) mass is 575 g/mol. The van der Waals surface area contributed by atoms with Gasteiger partial charge in [-0.05, 0) is 53.9 Å². The molecule has 3 aromatic carbocycles. The van der Waals surface area contributed by atoms with Crippen LogP contribution in [0.5, 0.6) is 0 Å². The summed E-state index contributed by atoms with van der Waals surface area (Å²) >= 11 is 3.41.